The summed E-state index contributed by atoms with van der Waals surface area (Å²) >= 11 is 0. The average molecular weight is 214 g/mol. The van der Waals surface area contributed by atoms with Crippen molar-refractivity contribution in [2.45, 2.75) is 6.92 Å². The van der Waals surface area contributed by atoms with Gasteiger partial charge in [0.2, 0.25) is 0 Å². The van der Waals surface area contributed by atoms with Crippen LogP contribution >= 0.6 is 0 Å². The normalized spacial score (nSPS) is 10.1. The van der Waals surface area contributed by atoms with Crippen molar-refractivity contribution in [1.29, 1.82) is 0 Å². The Morgan fingerprint density at radius 1 is 1.19 bits per heavy atom. The number of hydrogen-bond donors (Lipinski definition) is 1. The molecule has 82 valence electrons. The van der Waals surface area contributed by atoms with E-state index in [1.165, 1.54) is 0 Å². The number of anilines is 2. The number of phenolic OH excluding ortho intramolecular Hbond substituents is 1. The molecule has 2 aromatic rings. The molecule has 0 amide bonds. The molecule has 0 saturated heterocycles. The van der Waals surface area contributed by atoms with Crippen molar-refractivity contribution in [1.82, 2.24) is 4.98 Å². The van der Waals surface area contributed by atoms with Crippen molar-refractivity contribution in [2.24, 2.45) is 0 Å². The Balaban J connectivity index is 2.34. The molecule has 0 aliphatic carbocycles. The molecular formula is C13H14N2O. The Kier molecular flexibility index (Phi) is 2.77. The fraction of sp³-hybridized carbons (Fsp3) is 0.154. The van der Waals surface area contributed by atoms with Crippen LogP contribution in [0.1, 0.15) is 5.56 Å². The standard InChI is InChI=1S/C13H14N2O/c1-10-8-11(5-6-13(10)16)15(2)12-4-3-7-14-9-12/h3-9,16H,1-2H3. The summed E-state index contributed by atoms with van der Waals surface area (Å²) in [6, 6.07) is 9.43. The average Bonchev–Trinajstić information content (AvgIpc) is 2.33. The fourth-order valence-electron chi connectivity index (χ4n) is 1.55. The van der Waals surface area contributed by atoms with Crippen LogP contribution < -0.4 is 4.90 Å². The Bertz CT molecular complexity index is 483. The SMILES string of the molecule is Cc1cc(N(C)c2cccnc2)ccc1O. The van der Waals surface area contributed by atoms with Gasteiger partial charge in [-0.05, 0) is 42.8 Å². The van der Waals surface area contributed by atoms with Crippen molar-refractivity contribution in [3.05, 3.63) is 48.3 Å². The van der Waals surface area contributed by atoms with E-state index in [0.29, 0.717) is 5.75 Å². The second-order valence-corrected chi connectivity index (χ2v) is 3.74. The number of pyridine rings is 1. The smallest absolute Gasteiger partial charge is 0.118 e. The summed E-state index contributed by atoms with van der Waals surface area (Å²) in [5.41, 5.74) is 2.92. The predicted octanol–water partition coefficient (Wildman–Crippen LogP) is 2.86. The van der Waals surface area contributed by atoms with E-state index in [9.17, 15) is 5.11 Å². The zero-order valence-corrected chi connectivity index (χ0v) is 9.38. The van der Waals surface area contributed by atoms with E-state index in [-0.39, 0.29) is 0 Å². The number of aryl methyl sites for hydroxylation is 1. The minimum absolute atomic E-state index is 0.323. The predicted molar refractivity (Wildman–Crippen MR) is 65.1 cm³/mol. The molecule has 1 heterocycles. The number of nitrogens with zero attached hydrogens (tertiary/aromatic N) is 2. The van der Waals surface area contributed by atoms with Gasteiger partial charge in [0.1, 0.15) is 5.75 Å². The molecule has 3 heteroatoms. The Hall–Kier alpha value is -2.03. The highest BCUT2D eigenvalue weighted by atomic mass is 16.3. The highest BCUT2D eigenvalue weighted by molar-refractivity contribution is 5.63. The van der Waals surface area contributed by atoms with Gasteiger partial charge in [-0.2, -0.15) is 0 Å². The van der Waals surface area contributed by atoms with Gasteiger partial charge in [0.05, 0.1) is 11.9 Å². The third kappa shape index (κ3) is 1.98. The maximum atomic E-state index is 9.47. The zero-order chi connectivity index (χ0) is 11.5. The van der Waals surface area contributed by atoms with Gasteiger partial charge < -0.3 is 10.0 Å². The molecule has 0 atom stereocenters. The lowest BCUT2D eigenvalue weighted by molar-refractivity contribution is 0.471. The van der Waals surface area contributed by atoms with Crippen molar-refractivity contribution in [3.63, 3.8) is 0 Å². The number of phenols is 1. The summed E-state index contributed by atoms with van der Waals surface area (Å²) < 4.78 is 0. The largest absolute Gasteiger partial charge is 0.508 e. The minimum Gasteiger partial charge on any atom is -0.508 e. The van der Waals surface area contributed by atoms with Crippen LogP contribution in [-0.4, -0.2) is 17.1 Å². The molecule has 2 rings (SSSR count). The van der Waals surface area contributed by atoms with Gasteiger partial charge in [0.15, 0.2) is 0 Å². The first kappa shape index (κ1) is 10.5. The second kappa shape index (κ2) is 4.23. The Morgan fingerprint density at radius 2 is 2.00 bits per heavy atom. The number of aromatic hydroxyl groups is 1. The van der Waals surface area contributed by atoms with Gasteiger partial charge in [0, 0.05) is 18.9 Å². The van der Waals surface area contributed by atoms with Crippen molar-refractivity contribution in [2.75, 3.05) is 11.9 Å². The number of rotatable bonds is 2. The summed E-state index contributed by atoms with van der Waals surface area (Å²) in [6.07, 6.45) is 3.56. The Labute approximate surface area is 95.0 Å². The monoisotopic (exact) mass is 214 g/mol. The molecule has 16 heavy (non-hydrogen) atoms. The molecule has 0 radical (unpaired) electrons. The third-order valence-corrected chi connectivity index (χ3v) is 2.60. The topological polar surface area (TPSA) is 36.4 Å². The third-order valence-electron chi connectivity index (χ3n) is 2.60. The summed E-state index contributed by atoms with van der Waals surface area (Å²) in [5.74, 6) is 0.323. The molecule has 1 aromatic carbocycles. The quantitative estimate of drug-likeness (QED) is 0.835. The van der Waals surface area contributed by atoms with Gasteiger partial charge >= 0.3 is 0 Å². The summed E-state index contributed by atoms with van der Waals surface area (Å²) in [7, 11) is 1.98. The highest BCUT2D eigenvalue weighted by Crippen LogP contribution is 2.26. The van der Waals surface area contributed by atoms with Crippen LogP contribution in [-0.2, 0) is 0 Å². The van der Waals surface area contributed by atoms with Crippen molar-refractivity contribution in [3.8, 4) is 5.75 Å². The molecule has 0 bridgehead atoms. The molecule has 0 unspecified atom stereocenters. The molecule has 1 N–H and O–H groups in total. The van der Waals surface area contributed by atoms with Crippen LogP contribution in [0.3, 0.4) is 0 Å². The van der Waals surface area contributed by atoms with Gasteiger partial charge in [-0.1, -0.05) is 0 Å². The van der Waals surface area contributed by atoms with E-state index in [4.69, 9.17) is 0 Å². The lowest BCUT2D eigenvalue weighted by atomic mass is 10.2. The maximum absolute atomic E-state index is 9.47. The van der Waals surface area contributed by atoms with Crippen LogP contribution in [0.15, 0.2) is 42.7 Å². The summed E-state index contributed by atoms with van der Waals surface area (Å²) in [4.78, 5) is 6.11. The molecule has 0 aliphatic rings. The lowest BCUT2D eigenvalue weighted by Crippen LogP contribution is -2.09. The van der Waals surface area contributed by atoms with E-state index in [1.54, 1.807) is 12.3 Å². The first-order valence-corrected chi connectivity index (χ1v) is 5.12. The van der Waals surface area contributed by atoms with Crippen LogP contribution in [0, 0.1) is 6.92 Å². The molecular weight excluding hydrogens is 200 g/mol. The summed E-state index contributed by atoms with van der Waals surface area (Å²) in [5, 5.41) is 9.47. The number of hydrogen-bond acceptors (Lipinski definition) is 3. The van der Waals surface area contributed by atoms with Crippen molar-refractivity contribution >= 4 is 11.4 Å². The summed E-state index contributed by atoms with van der Waals surface area (Å²) in [6.45, 7) is 1.88. The molecule has 3 nitrogen and oxygen atoms in total. The molecule has 0 spiro atoms. The zero-order valence-electron chi connectivity index (χ0n) is 9.38. The van der Waals surface area contributed by atoms with Crippen LogP contribution in [0.25, 0.3) is 0 Å². The Morgan fingerprint density at radius 3 is 2.62 bits per heavy atom. The number of aromatic nitrogens is 1. The van der Waals surface area contributed by atoms with Crippen LogP contribution in [0.5, 0.6) is 5.75 Å². The fourth-order valence-corrected chi connectivity index (χ4v) is 1.55. The lowest BCUT2D eigenvalue weighted by Gasteiger charge is -2.19. The number of benzene rings is 1. The van der Waals surface area contributed by atoms with Gasteiger partial charge in [-0.25, -0.2) is 0 Å². The van der Waals surface area contributed by atoms with E-state index in [2.05, 4.69) is 4.98 Å². The maximum Gasteiger partial charge on any atom is 0.118 e. The second-order valence-electron chi connectivity index (χ2n) is 3.74. The van der Waals surface area contributed by atoms with E-state index in [1.807, 2.05) is 49.3 Å². The van der Waals surface area contributed by atoms with E-state index in [0.717, 1.165) is 16.9 Å². The van der Waals surface area contributed by atoms with Gasteiger partial charge in [-0.3, -0.25) is 4.98 Å². The molecule has 0 fully saturated rings. The highest BCUT2D eigenvalue weighted by Gasteiger charge is 2.05. The molecule has 1 aromatic heterocycles. The van der Waals surface area contributed by atoms with E-state index >= 15 is 0 Å². The molecule has 0 aliphatic heterocycles. The minimum atomic E-state index is 0.323. The van der Waals surface area contributed by atoms with Crippen molar-refractivity contribution < 1.29 is 5.11 Å². The first-order valence-electron chi connectivity index (χ1n) is 5.12. The molecule has 0 saturated carbocycles. The van der Waals surface area contributed by atoms with E-state index < -0.39 is 0 Å². The van der Waals surface area contributed by atoms with Gasteiger partial charge in [-0.15, -0.1) is 0 Å². The van der Waals surface area contributed by atoms with Crippen LogP contribution in [0.4, 0.5) is 11.4 Å². The van der Waals surface area contributed by atoms with Crippen LogP contribution in [0.2, 0.25) is 0 Å². The first-order chi connectivity index (χ1) is 7.68. The van der Waals surface area contributed by atoms with Gasteiger partial charge in [0.25, 0.3) is 0 Å².